The van der Waals surface area contributed by atoms with E-state index in [1.54, 1.807) is 17.0 Å². The molecule has 0 spiro atoms. The van der Waals surface area contributed by atoms with Crippen molar-refractivity contribution >= 4 is 12.0 Å². The molecule has 2 heterocycles. The molecule has 0 radical (unpaired) electrons. The summed E-state index contributed by atoms with van der Waals surface area (Å²) in [6.45, 7) is 8.49. The fourth-order valence-corrected chi connectivity index (χ4v) is 4.04. The Balaban J connectivity index is 1.73. The molecule has 33 heavy (non-hydrogen) atoms. The monoisotopic (exact) mass is 463 g/mol. The van der Waals surface area contributed by atoms with Crippen LogP contribution in [-0.2, 0) is 6.18 Å². The maximum atomic E-state index is 13.0. The lowest BCUT2D eigenvalue weighted by molar-refractivity contribution is -0.137. The summed E-state index contributed by atoms with van der Waals surface area (Å²) in [5, 5.41) is 9.50. The number of hydrogen-bond donors (Lipinski definition) is 1. The smallest absolute Gasteiger partial charge is 0.416 e. The van der Waals surface area contributed by atoms with Gasteiger partial charge in [0.2, 0.25) is 0 Å². The molecule has 1 aliphatic heterocycles. The summed E-state index contributed by atoms with van der Waals surface area (Å²) < 4.78 is 38.4. The number of alkyl halides is 3. The molecule has 2 amide bonds. The Morgan fingerprint density at radius 2 is 1.70 bits per heavy atom. The molecule has 1 fully saturated rings. The van der Waals surface area contributed by atoms with Crippen molar-refractivity contribution in [3.05, 3.63) is 65.0 Å². The predicted octanol–water partition coefficient (Wildman–Crippen LogP) is 5.10. The zero-order valence-corrected chi connectivity index (χ0v) is 19.1. The number of hydrogen-bond acceptors (Lipinski definition) is 3. The molecular formula is C24H28F3N3O3. The van der Waals surface area contributed by atoms with E-state index < -0.39 is 17.8 Å². The van der Waals surface area contributed by atoms with E-state index in [0.29, 0.717) is 29.9 Å². The number of carbonyl (C=O) groups excluding carboxylic acids is 1. The Bertz CT molecular complexity index is 999. The second kappa shape index (κ2) is 9.03. The van der Waals surface area contributed by atoms with Gasteiger partial charge in [-0.05, 0) is 35.2 Å². The van der Waals surface area contributed by atoms with Crippen LogP contribution in [0.2, 0.25) is 0 Å². The van der Waals surface area contributed by atoms with Crippen LogP contribution in [0, 0.1) is 5.41 Å². The van der Waals surface area contributed by atoms with Crippen molar-refractivity contribution in [2.75, 3.05) is 19.6 Å². The molecule has 1 N–H and O–H groups in total. The summed E-state index contributed by atoms with van der Waals surface area (Å²) in [4.78, 5) is 32.1. The van der Waals surface area contributed by atoms with E-state index in [2.05, 4.69) is 4.98 Å². The number of pyridine rings is 1. The first-order chi connectivity index (χ1) is 15.3. The summed E-state index contributed by atoms with van der Waals surface area (Å²) in [6.07, 6.45) is -3.91. The molecule has 1 aliphatic rings. The fraction of sp³-hybridized carbons (Fsp3) is 0.458. The van der Waals surface area contributed by atoms with E-state index in [-0.39, 0.29) is 29.8 Å². The van der Waals surface area contributed by atoms with Crippen molar-refractivity contribution in [1.82, 2.24) is 14.8 Å². The highest BCUT2D eigenvalue weighted by Gasteiger charge is 2.39. The van der Waals surface area contributed by atoms with Crippen molar-refractivity contribution in [2.45, 2.75) is 45.8 Å². The van der Waals surface area contributed by atoms with Crippen LogP contribution in [0.3, 0.4) is 0 Å². The van der Waals surface area contributed by atoms with Crippen LogP contribution in [0.5, 0.6) is 0 Å². The Morgan fingerprint density at radius 1 is 1.06 bits per heavy atom. The number of nitrogens with zero attached hydrogens (tertiary/aromatic N) is 3. The third-order valence-electron chi connectivity index (χ3n) is 6.13. The van der Waals surface area contributed by atoms with Gasteiger partial charge in [-0.2, -0.15) is 13.2 Å². The normalized spacial score (nSPS) is 18.2. The van der Waals surface area contributed by atoms with Gasteiger partial charge in [0.25, 0.3) is 5.91 Å². The second-order valence-corrected chi connectivity index (χ2v) is 9.42. The molecule has 2 atom stereocenters. The van der Waals surface area contributed by atoms with Crippen LogP contribution < -0.4 is 0 Å². The van der Waals surface area contributed by atoms with Gasteiger partial charge in [0, 0.05) is 37.4 Å². The van der Waals surface area contributed by atoms with Gasteiger partial charge in [0.15, 0.2) is 0 Å². The maximum absolute atomic E-state index is 13.0. The minimum absolute atomic E-state index is 0.226. The van der Waals surface area contributed by atoms with Crippen LogP contribution in [0.4, 0.5) is 18.0 Å². The molecule has 1 saturated heterocycles. The van der Waals surface area contributed by atoms with Crippen LogP contribution in [-0.4, -0.2) is 57.6 Å². The highest BCUT2D eigenvalue weighted by molar-refractivity contribution is 5.94. The third-order valence-corrected chi connectivity index (χ3v) is 6.13. The molecule has 0 bridgehead atoms. The molecule has 2 unspecified atom stereocenters. The van der Waals surface area contributed by atoms with Gasteiger partial charge in [0.05, 0.1) is 17.2 Å². The zero-order valence-electron chi connectivity index (χ0n) is 19.1. The van der Waals surface area contributed by atoms with E-state index in [9.17, 15) is 27.9 Å². The van der Waals surface area contributed by atoms with Gasteiger partial charge in [-0.25, -0.2) is 4.79 Å². The second-order valence-electron chi connectivity index (χ2n) is 9.42. The first-order valence-electron chi connectivity index (χ1n) is 10.7. The topological polar surface area (TPSA) is 73.7 Å². The summed E-state index contributed by atoms with van der Waals surface area (Å²) >= 11 is 0. The Hall–Kier alpha value is -3.10. The lowest BCUT2D eigenvalue weighted by atomic mass is 9.84. The summed E-state index contributed by atoms with van der Waals surface area (Å²) in [6, 6.07) is 7.98. The number of carboxylic acid groups (broad SMARTS) is 1. The highest BCUT2D eigenvalue weighted by Crippen LogP contribution is 2.32. The molecule has 9 heteroatoms. The number of aromatic nitrogens is 1. The van der Waals surface area contributed by atoms with E-state index in [1.807, 2.05) is 27.7 Å². The molecule has 1 aromatic carbocycles. The molecule has 1 aromatic heterocycles. The number of carbonyl (C=O) groups is 2. The largest absolute Gasteiger partial charge is 0.465 e. The Kier molecular flexibility index (Phi) is 6.72. The number of rotatable bonds is 3. The van der Waals surface area contributed by atoms with Crippen molar-refractivity contribution in [2.24, 2.45) is 5.41 Å². The molecule has 0 aliphatic carbocycles. The lowest BCUT2D eigenvalue weighted by Gasteiger charge is -2.45. The standard InChI is InChI=1S/C24H28F3N3O3/c1-15(16-5-8-18(9-6-16)24(25,26)27)19-10-7-17(13-28-19)21(31)29-11-12-30(22(32)33)20(14-29)23(2,3)4/h5-10,13,15,20H,11-12,14H2,1-4H3,(H,32,33). The van der Waals surface area contributed by atoms with Gasteiger partial charge in [-0.1, -0.05) is 39.8 Å². The van der Waals surface area contributed by atoms with Crippen LogP contribution in [0.25, 0.3) is 0 Å². The number of piperazine rings is 1. The first kappa shape index (κ1) is 24.5. The average Bonchev–Trinajstić information content (AvgIpc) is 2.76. The quantitative estimate of drug-likeness (QED) is 0.687. The molecule has 3 rings (SSSR count). The first-order valence-corrected chi connectivity index (χ1v) is 10.7. The van der Waals surface area contributed by atoms with Crippen molar-refractivity contribution in [3.63, 3.8) is 0 Å². The molecular weight excluding hydrogens is 435 g/mol. The zero-order chi connectivity index (χ0) is 24.6. The maximum Gasteiger partial charge on any atom is 0.416 e. The van der Waals surface area contributed by atoms with E-state index in [1.165, 1.54) is 23.2 Å². The molecule has 178 valence electrons. The Morgan fingerprint density at radius 3 is 2.18 bits per heavy atom. The molecule has 2 aromatic rings. The highest BCUT2D eigenvalue weighted by atomic mass is 19.4. The van der Waals surface area contributed by atoms with Crippen molar-refractivity contribution < 1.29 is 27.9 Å². The van der Waals surface area contributed by atoms with Crippen molar-refractivity contribution in [3.8, 4) is 0 Å². The van der Waals surface area contributed by atoms with Gasteiger partial charge in [-0.15, -0.1) is 0 Å². The average molecular weight is 464 g/mol. The van der Waals surface area contributed by atoms with E-state index in [0.717, 1.165) is 12.1 Å². The fourth-order valence-electron chi connectivity index (χ4n) is 4.04. The summed E-state index contributed by atoms with van der Waals surface area (Å²) in [5.74, 6) is -0.476. The van der Waals surface area contributed by atoms with Gasteiger partial charge in [-0.3, -0.25) is 9.78 Å². The van der Waals surface area contributed by atoms with Crippen LogP contribution >= 0.6 is 0 Å². The minimum Gasteiger partial charge on any atom is -0.465 e. The minimum atomic E-state index is -4.38. The number of halogens is 3. The SMILES string of the molecule is CC(c1ccc(C(F)(F)F)cc1)c1ccc(C(=O)N2CCN(C(=O)O)C(C(C)(C)C)C2)cn1. The van der Waals surface area contributed by atoms with Crippen LogP contribution in [0.15, 0.2) is 42.6 Å². The molecule has 6 nitrogen and oxygen atoms in total. The predicted molar refractivity (Wildman–Crippen MR) is 117 cm³/mol. The van der Waals surface area contributed by atoms with Crippen molar-refractivity contribution in [1.29, 1.82) is 0 Å². The molecule has 0 saturated carbocycles. The lowest BCUT2D eigenvalue weighted by Crippen LogP contribution is -2.60. The van der Waals surface area contributed by atoms with Crippen LogP contribution in [0.1, 0.15) is 60.8 Å². The van der Waals surface area contributed by atoms with Gasteiger partial charge in [0.1, 0.15) is 0 Å². The number of benzene rings is 1. The van der Waals surface area contributed by atoms with E-state index >= 15 is 0 Å². The Labute approximate surface area is 191 Å². The number of amides is 2. The van der Waals surface area contributed by atoms with Gasteiger partial charge < -0.3 is 14.9 Å². The summed E-state index contributed by atoms with van der Waals surface area (Å²) in [5.41, 5.74) is 0.664. The third kappa shape index (κ3) is 5.46. The summed E-state index contributed by atoms with van der Waals surface area (Å²) in [7, 11) is 0. The van der Waals surface area contributed by atoms with Gasteiger partial charge >= 0.3 is 12.3 Å². The van der Waals surface area contributed by atoms with E-state index in [4.69, 9.17) is 0 Å².